The topological polar surface area (TPSA) is 65.1 Å². The van der Waals surface area contributed by atoms with Crippen LogP contribution in [0.3, 0.4) is 0 Å². The number of H-pyrrole nitrogens is 1. The molecule has 0 saturated heterocycles. The van der Waals surface area contributed by atoms with E-state index < -0.39 is 0 Å². The predicted octanol–water partition coefficient (Wildman–Crippen LogP) is 5.56. The number of unbranched alkanes of at least 4 members (excludes halogenated alkanes) is 1. The Morgan fingerprint density at radius 1 is 1.35 bits per heavy atom. The molecule has 1 atom stereocenters. The van der Waals surface area contributed by atoms with Gasteiger partial charge >= 0.3 is 37.1 Å². The van der Waals surface area contributed by atoms with Crippen molar-refractivity contribution in [2.75, 3.05) is 25.5 Å². The molecule has 1 aliphatic rings. The van der Waals surface area contributed by atoms with E-state index in [1.165, 1.54) is 10.5 Å². The summed E-state index contributed by atoms with van der Waals surface area (Å²) < 4.78 is 15.8. The summed E-state index contributed by atoms with van der Waals surface area (Å²) in [5.41, 5.74) is 5.20. The molecular formula is C26H32FN5OU. The van der Waals surface area contributed by atoms with Crippen molar-refractivity contribution in [1.82, 2.24) is 19.9 Å². The van der Waals surface area contributed by atoms with Gasteiger partial charge in [0.05, 0.1) is 0 Å². The molecule has 1 unspecified atom stereocenters. The summed E-state index contributed by atoms with van der Waals surface area (Å²) in [6.07, 6.45) is 7.95. The van der Waals surface area contributed by atoms with Crippen molar-refractivity contribution in [3.8, 4) is 11.1 Å². The number of fused-ring (bicyclic) bond motifs is 2. The molecule has 178 valence electrons. The normalized spacial score (nSPS) is 14.9. The summed E-state index contributed by atoms with van der Waals surface area (Å²) in [6, 6.07) is 3.67. The monoisotopic (exact) mass is 687 g/mol. The van der Waals surface area contributed by atoms with Gasteiger partial charge in [-0.25, -0.2) is 4.79 Å². The predicted molar refractivity (Wildman–Crippen MR) is 131 cm³/mol. The minimum Gasteiger partial charge on any atom is -0.344 e. The first-order chi connectivity index (χ1) is 15.8. The van der Waals surface area contributed by atoms with Crippen LogP contribution in [0, 0.1) is 56.2 Å². The van der Waals surface area contributed by atoms with Gasteiger partial charge in [0, 0.05) is 43.9 Å². The van der Waals surface area contributed by atoms with Crippen LogP contribution in [-0.2, 0) is 12.8 Å². The number of aromatic nitrogens is 3. The molecule has 8 heteroatoms. The fourth-order valence-corrected chi connectivity index (χ4v) is 4.34. The molecule has 2 amide bonds. The van der Waals surface area contributed by atoms with Gasteiger partial charge in [-0.05, 0) is 60.4 Å². The number of benzene rings is 1. The molecule has 6 nitrogen and oxygen atoms in total. The zero-order chi connectivity index (χ0) is 23.7. The number of aryl methyl sites for hydroxylation is 1. The number of carbonyl (C=O) groups is 1. The SMILES string of the molecule is [CH2-]CC[CH-]c1c(F)c(-c2cnc3c(c2)CCC(C)C3)cc2[nH]c(N(C)C(=O)N(C)CC)nc12.[U+2]. The maximum Gasteiger partial charge on any atom is 2.00 e. The second-order valence-electron chi connectivity index (χ2n) is 8.99. The Bertz CT molecular complexity index is 1180. The van der Waals surface area contributed by atoms with Crippen LogP contribution in [0.5, 0.6) is 0 Å². The molecular weight excluding hydrogens is 655 g/mol. The van der Waals surface area contributed by atoms with Gasteiger partial charge in [-0.1, -0.05) is 13.0 Å². The number of nitrogens with zero attached hydrogens (tertiary/aromatic N) is 4. The fraction of sp³-hybridized carbons (Fsp3) is 0.423. The van der Waals surface area contributed by atoms with E-state index in [-0.39, 0.29) is 43.0 Å². The molecule has 1 aliphatic carbocycles. The number of anilines is 1. The van der Waals surface area contributed by atoms with E-state index in [9.17, 15) is 4.79 Å². The quantitative estimate of drug-likeness (QED) is 0.346. The fourth-order valence-electron chi connectivity index (χ4n) is 4.34. The van der Waals surface area contributed by atoms with Gasteiger partial charge in [0.1, 0.15) is 0 Å². The van der Waals surface area contributed by atoms with Crippen molar-refractivity contribution >= 4 is 23.0 Å². The number of hydrogen-bond acceptors (Lipinski definition) is 3. The summed E-state index contributed by atoms with van der Waals surface area (Å²) in [7, 11) is 3.40. The molecule has 1 N–H and O–H groups in total. The van der Waals surface area contributed by atoms with Gasteiger partial charge < -0.3 is 16.8 Å². The van der Waals surface area contributed by atoms with Gasteiger partial charge in [0.25, 0.3) is 0 Å². The van der Waals surface area contributed by atoms with Crippen LogP contribution in [0.25, 0.3) is 22.2 Å². The average molecular weight is 688 g/mol. The van der Waals surface area contributed by atoms with Crippen molar-refractivity contribution in [3.63, 3.8) is 0 Å². The largest absolute Gasteiger partial charge is 2.00 e. The van der Waals surface area contributed by atoms with Crippen molar-refractivity contribution in [2.24, 2.45) is 5.92 Å². The van der Waals surface area contributed by atoms with Gasteiger partial charge in [0.2, 0.25) is 0 Å². The van der Waals surface area contributed by atoms with E-state index >= 15 is 4.39 Å². The number of nitrogens with one attached hydrogen (secondary N) is 1. The Kier molecular flexibility index (Phi) is 8.70. The van der Waals surface area contributed by atoms with E-state index in [1.54, 1.807) is 31.3 Å². The van der Waals surface area contributed by atoms with E-state index in [0.29, 0.717) is 53.4 Å². The molecule has 0 spiro atoms. The maximum absolute atomic E-state index is 15.8. The third-order valence-electron chi connectivity index (χ3n) is 6.51. The molecule has 2 aromatic heterocycles. The summed E-state index contributed by atoms with van der Waals surface area (Å²) in [5.74, 6) is 0.691. The zero-order valence-corrected chi connectivity index (χ0v) is 24.6. The number of urea groups is 1. The Balaban J connectivity index is 0.00000324. The summed E-state index contributed by atoms with van der Waals surface area (Å²) >= 11 is 0. The maximum atomic E-state index is 15.8. The third-order valence-corrected chi connectivity index (χ3v) is 6.51. The van der Waals surface area contributed by atoms with E-state index in [2.05, 4.69) is 34.9 Å². The molecule has 3 aromatic rings. The molecule has 4 rings (SSSR count). The summed E-state index contributed by atoms with van der Waals surface area (Å²) in [4.78, 5) is 28.1. The Hall–Kier alpha value is -2.04. The first-order valence-corrected chi connectivity index (χ1v) is 11.7. The Labute approximate surface area is 225 Å². The van der Waals surface area contributed by atoms with E-state index in [0.717, 1.165) is 30.5 Å². The van der Waals surface area contributed by atoms with Gasteiger partial charge in [-0.2, -0.15) is 12.8 Å². The van der Waals surface area contributed by atoms with E-state index in [1.807, 2.05) is 13.3 Å². The van der Waals surface area contributed by atoms with Crippen molar-refractivity contribution in [3.05, 3.63) is 54.3 Å². The number of carbonyl (C=O) groups excluding carboxylic acids is 1. The van der Waals surface area contributed by atoms with Gasteiger partial charge in [-0.15, -0.1) is 12.0 Å². The number of pyridine rings is 1. The van der Waals surface area contributed by atoms with Crippen LogP contribution in [-0.4, -0.2) is 46.5 Å². The molecule has 0 radical (unpaired) electrons. The number of rotatable bonds is 6. The number of imidazole rings is 1. The molecule has 0 aliphatic heterocycles. The smallest absolute Gasteiger partial charge is 0.344 e. The van der Waals surface area contributed by atoms with Gasteiger partial charge in [0.15, 0.2) is 5.95 Å². The average Bonchev–Trinajstić information content (AvgIpc) is 3.25. The molecule has 1 aromatic carbocycles. The van der Waals surface area contributed by atoms with Crippen LogP contribution in [0.4, 0.5) is 15.1 Å². The second kappa shape index (κ2) is 11.1. The minimum atomic E-state index is -0.320. The standard InChI is InChI=1S/C26H32FN5O.U/c1-6-8-9-19-23(27)20(18-13-17-11-10-16(3)12-21(17)28-15-18)14-22-24(19)30-25(29-22)32(5)26(33)31(4)7-2;/h9,13-16H,1,6-8,10-12H2,2-5H3,(H,29,30);/q-2;+2. The first-order valence-electron chi connectivity index (χ1n) is 11.7. The Morgan fingerprint density at radius 3 is 2.82 bits per heavy atom. The first kappa shape index (κ1) is 26.6. The number of amides is 2. The van der Waals surface area contributed by atoms with E-state index in [4.69, 9.17) is 0 Å². The second-order valence-corrected chi connectivity index (χ2v) is 8.99. The van der Waals surface area contributed by atoms with Crippen molar-refractivity contribution in [1.29, 1.82) is 0 Å². The molecule has 2 heterocycles. The van der Waals surface area contributed by atoms with Crippen LogP contribution >= 0.6 is 0 Å². The zero-order valence-electron chi connectivity index (χ0n) is 20.4. The van der Waals surface area contributed by atoms with Crippen LogP contribution in [0.15, 0.2) is 18.3 Å². The number of hydrogen-bond donors (Lipinski definition) is 1. The van der Waals surface area contributed by atoms with Crippen LogP contribution in [0.1, 0.15) is 49.9 Å². The number of aromatic amines is 1. The van der Waals surface area contributed by atoms with Crippen molar-refractivity contribution in [2.45, 2.75) is 46.0 Å². The molecule has 0 saturated carbocycles. The molecule has 34 heavy (non-hydrogen) atoms. The van der Waals surface area contributed by atoms with Crippen molar-refractivity contribution < 1.29 is 40.3 Å². The number of halogens is 1. The third kappa shape index (κ3) is 5.13. The van der Waals surface area contributed by atoms with Gasteiger partial charge in [-0.3, -0.25) is 19.3 Å². The van der Waals surface area contributed by atoms with Crippen LogP contribution < -0.4 is 4.90 Å². The Morgan fingerprint density at radius 2 is 2.12 bits per heavy atom. The molecule has 0 fully saturated rings. The minimum absolute atomic E-state index is 0. The summed E-state index contributed by atoms with van der Waals surface area (Å²) in [5, 5.41) is 0. The van der Waals surface area contributed by atoms with Crippen LogP contribution in [0.2, 0.25) is 0 Å². The summed E-state index contributed by atoms with van der Waals surface area (Å²) in [6.45, 7) is 8.61. The molecule has 0 bridgehead atoms.